The van der Waals surface area contributed by atoms with Crippen molar-refractivity contribution in [1.82, 2.24) is 19.9 Å². The van der Waals surface area contributed by atoms with E-state index in [9.17, 15) is 0 Å². The zero-order chi connectivity index (χ0) is 36.9. The van der Waals surface area contributed by atoms with Crippen molar-refractivity contribution in [3.8, 4) is 78.8 Å². The molecule has 0 N–H and O–H groups in total. The molecule has 0 unspecified atom stereocenters. The van der Waals surface area contributed by atoms with Gasteiger partial charge in [0, 0.05) is 33.1 Å². The minimum Gasteiger partial charge on any atom is -0.248 e. The highest BCUT2D eigenvalue weighted by Gasteiger charge is 2.35. The Morgan fingerprint density at radius 3 is 1.47 bits per heavy atom. The van der Waals surface area contributed by atoms with Crippen LogP contribution in [0.4, 0.5) is 0 Å². The van der Waals surface area contributed by atoms with Crippen LogP contribution in [-0.4, -0.2) is 19.9 Å². The molecule has 9 aromatic rings. The lowest BCUT2D eigenvalue weighted by Gasteiger charge is -2.22. The van der Waals surface area contributed by atoms with Gasteiger partial charge in [-0.2, -0.15) is 0 Å². The van der Waals surface area contributed by atoms with Gasteiger partial charge in [-0.15, -0.1) is 0 Å². The van der Waals surface area contributed by atoms with Crippen LogP contribution in [-0.2, 0) is 5.41 Å². The first-order valence-electron chi connectivity index (χ1n) is 18.7. The van der Waals surface area contributed by atoms with Gasteiger partial charge in [0.15, 0.2) is 17.5 Å². The van der Waals surface area contributed by atoms with Gasteiger partial charge in [0.1, 0.15) is 0 Å². The van der Waals surface area contributed by atoms with E-state index in [1.54, 1.807) is 0 Å². The Morgan fingerprint density at radius 1 is 0.327 bits per heavy atom. The summed E-state index contributed by atoms with van der Waals surface area (Å²) < 4.78 is 0. The molecule has 1 aliphatic carbocycles. The highest BCUT2D eigenvalue weighted by molar-refractivity contribution is 6.02. The lowest BCUT2D eigenvalue weighted by molar-refractivity contribution is 0.661. The van der Waals surface area contributed by atoms with Crippen molar-refractivity contribution in [2.24, 2.45) is 0 Å². The Bertz CT molecular complexity index is 2810. The smallest absolute Gasteiger partial charge is 0.164 e. The molecule has 55 heavy (non-hydrogen) atoms. The molecule has 4 nitrogen and oxygen atoms in total. The summed E-state index contributed by atoms with van der Waals surface area (Å²) >= 11 is 0. The summed E-state index contributed by atoms with van der Waals surface area (Å²) in [5, 5.41) is 1.15. The third-order valence-corrected chi connectivity index (χ3v) is 10.9. The van der Waals surface area contributed by atoms with E-state index in [2.05, 4.69) is 135 Å². The number of rotatable bonds is 6. The van der Waals surface area contributed by atoms with Crippen molar-refractivity contribution in [3.63, 3.8) is 0 Å². The second-order valence-electron chi connectivity index (χ2n) is 14.7. The number of fused-ring (bicyclic) bond motifs is 4. The standard InChI is InChI=1S/C51H36N4/c1-51(2)44-24-13-12-23-40(44)42-30-43-41(31-46(34-15-6-3-7-16-34)52-47(43)32-45(42)51)39-22-14-21-38(29-39)33-25-27-37(28-26-33)50-54-48(35-17-8-4-9-18-35)53-49(55-50)36-19-10-5-11-20-36/h3-32H,1-2H3. The SMILES string of the molecule is CC1(C)c2ccccc2-c2cc3c(-c4cccc(-c5ccc(-c6nc(-c7ccccc7)nc(-c7ccccc7)n6)cc5)c4)cc(-c4ccccc4)nc3cc21. The summed E-state index contributed by atoms with van der Waals surface area (Å²) in [5.74, 6) is 1.94. The number of hydrogen-bond donors (Lipinski definition) is 0. The Hall–Kier alpha value is -7.04. The van der Waals surface area contributed by atoms with Crippen LogP contribution in [0.25, 0.3) is 89.7 Å². The third kappa shape index (κ3) is 5.80. The molecule has 10 rings (SSSR count). The molecule has 0 amide bonds. The predicted octanol–water partition coefficient (Wildman–Crippen LogP) is 12.7. The largest absolute Gasteiger partial charge is 0.248 e. The van der Waals surface area contributed by atoms with Crippen molar-refractivity contribution < 1.29 is 0 Å². The van der Waals surface area contributed by atoms with Gasteiger partial charge >= 0.3 is 0 Å². The fourth-order valence-corrected chi connectivity index (χ4v) is 8.03. The van der Waals surface area contributed by atoms with Gasteiger partial charge in [0.25, 0.3) is 0 Å². The summed E-state index contributed by atoms with van der Waals surface area (Å²) in [5.41, 5.74) is 15.6. The van der Waals surface area contributed by atoms with E-state index in [1.807, 2.05) is 60.7 Å². The number of pyridine rings is 1. The summed E-state index contributed by atoms with van der Waals surface area (Å²) in [6, 6.07) is 63.8. The maximum absolute atomic E-state index is 5.29. The highest BCUT2D eigenvalue weighted by atomic mass is 15.0. The number of nitrogens with zero attached hydrogens (tertiary/aromatic N) is 4. The zero-order valence-corrected chi connectivity index (χ0v) is 30.6. The molecule has 2 aromatic heterocycles. The van der Waals surface area contributed by atoms with Gasteiger partial charge in [0.05, 0.1) is 11.2 Å². The normalized spacial score (nSPS) is 12.7. The molecular weight excluding hydrogens is 669 g/mol. The Balaban J connectivity index is 1.07. The van der Waals surface area contributed by atoms with Crippen LogP contribution in [0.1, 0.15) is 25.0 Å². The average Bonchev–Trinajstić information content (AvgIpc) is 3.48. The molecule has 0 saturated carbocycles. The first-order valence-corrected chi connectivity index (χ1v) is 18.7. The van der Waals surface area contributed by atoms with Crippen LogP contribution in [0.5, 0.6) is 0 Å². The molecular formula is C51H36N4. The van der Waals surface area contributed by atoms with Crippen LogP contribution < -0.4 is 0 Å². The molecule has 4 heteroatoms. The van der Waals surface area contributed by atoms with Crippen molar-refractivity contribution in [2.75, 3.05) is 0 Å². The highest BCUT2D eigenvalue weighted by Crippen LogP contribution is 2.50. The van der Waals surface area contributed by atoms with Crippen molar-refractivity contribution in [3.05, 3.63) is 193 Å². The van der Waals surface area contributed by atoms with E-state index in [1.165, 1.54) is 27.8 Å². The van der Waals surface area contributed by atoms with Crippen molar-refractivity contribution >= 4 is 10.9 Å². The van der Waals surface area contributed by atoms with Crippen LogP contribution in [0.2, 0.25) is 0 Å². The first-order chi connectivity index (χ1) is 27.0. The summed E-state index contributed by atoms with van der Waals surface area (Å²) in [6.07, 6.45) is 0. The Labute approximate surface area is 320 Å². The molecule has 7 aromatic carbocycles. The second-order valence-corrected chi connectivity index (χ2v) is 14.7. The van der Waals surface area contributed by atoms with Gasteiger partial charge in [-0.1, -0.05) is 172 Å². The fraction of sp³-hybridized carbons (Fsp3) is 0.0588. The van der Waals surface area contributed by atoms with E-state index < -0.39 is 0 Å². The number of aromatic nitrogens is 4. The summed E-state index contributed by atoms with van der Waals surface area (Å²) in [7, 11) is 0. The van der Waals surface area contributed by atoms with E-state index in [-0.39, 0.29) is 5.41 Å². The summed E-state index contributed by atoms with van der Waals surface area (Å²) in [6.45, 7) is 4.65. The monoisotopic (exact) mass is 704 g/mol. The zero-order valence-electron chi connectivity index (χ0n) is 30.6. The molecule has 0 aliphatic heterocycles. The quantitative estimate of drug-likeness (QED) is 0.173. The van der Waals surface area contributed by atoms with Crippen LogP contribution >= 0.6 is 0 Å². The molecule has 2 heterocycles. The maximum Gasteiger partial charge on any atom is 0.164 e. The van der Waals surface area contributed by atoms with Gasteiger partial charge < -0.3 is 0 Å². The lowest BCUT2D eigenvalue weighted by atomic mass is 9.82. The number of hydrogen-bond acceptors (Lipinski definition) is 4. The van der Waals surface area contributed by atoms with Crippen molar-refractivity contribution in [2.45, 2.75) is 19.3 Å². The molecule has 0 spiro atoms. The van der Waals surface area contributed by atoms with Crippen LogP contribution in [0, 0.1) is 0 Å². The Morgan fingerprint density at radius 2 is 0.836 bits per heavy atom. The molecule has 0 atom stereocenters. The summed E-state index contributed by atoms with van der Waals surface area (Å²) in [4.78, 5) is 20.0. The van der Waals surface area contributed by atoms with Crippen LogP contribution in [0.15, 0.2) is 182 Å². The minimum atomic E-state index is -0.107. The second kappa shape index (κ2) is 13.1. The van der Waals surface area contributed by atoms with Crippen LogP contribution in [0.3, 0.4) is 0 Å². The molecule has 0 radical (unpaired) electrons. The molecule has 260 valence electrons. The molecule has 0 fully saturated rings. The van der Waals surface area contributed by atoms with Gasteiger partial charge in [-0.3, -0.25) is 0 Å². The van der Waals surface area contributed by atoms with Gasteiger partial charge in [-0.25, -0.2) is 19.9 Å². The van der Waals surface area contributed by atoms with E-state index in [0.717, 1.165) is 55.5 Å². The van der Waals surface area contributed by atoms with E-state index in [4.69, 9.17) is 19.9 Å². The van der Waals surface area contributed by atoms with Crippen molar-refractivity contribution in [1.29, 1.82) is 0 Å². The third-order valence-electron chi connectivity index (χ3n) is 10.9. The molecule has 0 bridgehead atoms. The lowest BCUT2D eigenvalue weighted by Crippen LogP contribution is -2.14. The van der Waals surface area contributed by atoms with E-state index in [0.29, 0.717) is 17.5 Å². The minimum absolute atomic E-state index is 0.107. The predicted molar refractivity (Wildman–Crippen MR) is 225 cm³/mol. The Kier molecular flexibility index (Phi) is 7.77. The number of benzene rings is 7. The fourth-order valence-electron chi connectivity index (χ4n) is 8.03. The first kappa shape index (κ1) is 32.6. The van der Waals surface area contributed by atoms with E-state index >= 15 is 0 Å². The van der Waals surface area contributed by atoms with Gasteiger partial charge in [0.2, 0.25) is 0 Å². The average molecular weight is 705 g/mol. The molecule has 0 saturated heterocycles. The molecule has 1 aliphatic rings. The topological polar surface area (TPSA) is 51.6 Å². The maximum atomic E-state index is 5.29. The van der Waals surface area contributed by atoms with Gasteiger partial charge in [-0.05, 0) is 68.8 Å².